The third-order valence-corrected chi connectivity index (χ3v) is 3.07. The average Bonchev–Trinajstić information content (AvgIpc) is 2.30. The number of hydrogen-bond donors (Lipinski definition) is 0. The van der Waals surface area contributed by atoms with E-state index in [2.05, 4.69) is 37.1 Å². The zero-order chi connectivity index (χ0) is 11.4. The van der Waals surface area contributed by atoms with Crippen LogP contribution in [0.4, 0.5) is 0 Å². The highest BCUT2D eigenvalue weighted by molar-refractivity contribution is 5.30. The Morgan fingerprint density at radius 2 is 1.88 bits per heavy atom. The molecule has 2 rings (SSSR count). The van der Waals surface area contributed by atoms with Crippen LogP contribution in [0.5, 0.6) is 5.75 Å². The van der Waals surface area contributed by atoms with Crippen LogP contribution in [-0.2, 0) is 0 Å². The van der Waals surface area contributed by atoms with Gasteiger partial charge in [-0.05, 0) is 36.5 Å². The van der Waals surface area contributed by atoms with Gasteiger partial charge in [0.05, 0.1) is 0 Å². The van der Waals surface area contributed by atoms with E-state index in [1.54, 1.807) is 0 Å². The zero-order valence-electron chi connectivity index (χ0n) is 10.3. The Morgan fingerprint density at radius 1 is 1.12 bits per heavy atom. The van der Waals surface area contributed by atoms with Crippen molar-refractivity contribution in [2.24, 2.45) is 0 Å². The summed E-state index contributed by atoms with van der Waals surface area (Å²) in [7, 11) is 0. The van der Waals surface area contributed by atoms with Gasteiger partial charge >= 0.3 is 0 Å². The van der Waals surface area contributed by atoms with E-state index in [0.29, 0.717) is 5.92 Å². The van der Waals surface area contributed by atoms with Gasteiger partial charge in [0.15, 0.2) is 0 Å². The summed E-state index contributed by atoms with van der Waals surface area (Å²) in [5, 5.41) is 2.09. The largest absolute Gasteiger partial charge is 0.406 e. The summed E-state index contributed by atoms with van der Waals surface area (Å²) in [6, 6.07) is 8.43. The number of benzene rings is 1. The molecule has 88 valence electrons. The van der Waals surface area contributed by atoms with Crippen LogP contribution in [0.1, 0.15) is 44.6 Å². The first-order chi connectivity index (χ1) is 7.75. The van der Waals surface area contributed by atoms with Crippen LogP contribution in [0, 0.1) is 0 Å². The van der Waals surface area contributed by atoms with Crippen LogP contribution in [0.15, 0.2) is 24.3 Å². The van der Waals surface area contributed by atoms with Crippen molar-refractivity contribution in [3.05, 3.63) is 29.8 Å². The van der Waals surface area contributed by atoms with Gasteiger partial charge in [-0.3, -0.25) is 0 Å². The molecule has 1 heterocycles. The highest BCUT2D eigenvalue weighted by Gasteiger charge is 2.11. The van der Waals surface area contributed by atoms with Crippen molar-refractivity contribution in [1.29, 1.82) is 0 Å². The van der Waals surface area contributed by atoms with E-state index in [1.807, 2.05) is 6.07 Å². The molecule has 1 fully saturated rings. The van der Waals surface area contributed by atoms with Crippen molar-refractivity contribution >= 4 is 0 Å². The molecular weight excluding hydrogens is 198 g/mol. The topological polar surface area (TPSA) is 12.5 Å². The highest BCUT2D eigenvalue weighted by Crippen LogP contribution is 2.21. The first kappa shape index (κ1) is 11.5. The molecule has 1 aromatic rings. The van der Waals surface area contributed by atoms with Crippen molar-refractivity contribution in [2.75, 3.05) is 13.1 Å². The Balaban J connectivity index is 2.00. The molecule has 2 heteroatoms. The maximum atomic E-state index is 5.88. The molecule has 0 unspecified atom stereocenters. The van der Waals surface area contributed by atoms with Gasteiger partial charge in [-0.25, -0.2) is 0 Å². The number of hydroxylamine groups is 2. The Labute approximate surface area is 98.2 Å². The maximum absolute atomic E-state index is 5.88. The van der Waals surface area contributed by atoms with Crippen LogP contribution in [0.2, 0.25) is 0 Å². The van der Waals surface area contributed by atoms with E-state index in [-0.39, 0.29) is 0 Å². The van der Waals surface area contributed by atoms with Crippen molar-refractivity contribution in [3.8, 4) is 5.75 Å². The fourth-order valence-electron chi connectivity index (χ4n) is 2.04. The van der Waals surface area contributed by atoms with E-state index in [0.717, 1.165) is 18.8 Å². The number of piperidine rings is 1. The molecule has 0 spiro atoms. The van der Waals surface area contributed by atoms with E-state index in [4.69, 9.17) is 4.84 Å². The van der Waals surface area contributed by atoms with Gasteiger partial charge in [-0.1, -0.05) is 32.4 Å². The van der Waals surface area contributed by atoms with Gasteiger partial charge in [0, 0.05) is 13.1 Å². The van der Waals surface area contributed by atoms with E-state index in [1.165, 1.54) is 24.8 Å². The Kier molecular flexibility index (Phi) is 3.83. The molecule has 1 saturated heterocycles. The molecule has 0 atom stereocenters. The minimum Gasteiger partial charge on any atom is -0.406 e. The Hall–Kier alpha value is -1.02. The van der Waals surface area contributed by atoms with E-state index in [9.17, 15) is 0 Å². The Bertz CT molecular complexity index is 329. The summed E-state index contributed by atoms with van der Waals surface area (Å²) in [5.41, 5.74) is 1.34. The second kappa shape index (κ2) is 5.35. The highest BCUT2D eigenvalue weighted by atomic mass is 16.7. The minimum absolute atomic E-state index is 0.560. The normalized spacial score (nSPS) is 17.7. The lowest BCUT2D eigenvalue weighted by Gasteiger charge is -2.26. The third-order valence-electron chi connectivity index (χ3n) is 3.07. The average molecular weight is 219 g/mol. The van der Waals surface area contributed by atoms with Gasteiger partial charge in [0.1, 0.15) is 5.75 Å². The predicted molar refractivity (Wildman–Crippen MR) is 66.6 cm³/mol. The lowest BCUT2D eigenvalue weighted by Crippen LogP contribution is -2.32. The second-order valence-electron chi connectivity index (χ2n) is 4.81. The maximum Gasteiger partial charge on any atom is 0.147 e. The summed E-state index contributed by atoms with van der Waals surface area (Å²) >= 11 is 0. The summed E-state index contributed by atoms with van der Waals surface area (Å²) in [4.78, 5) is 5.88. The molecule has 0 amide bonds. The molecule has 0 bridgehead atoms. The number of rotatable bonds is 3. The first-order valence-electron chi connectivity index (χ1n) is 6.28. The lowest BCUT2D eigenvalue weighted by atomic mass is 10.0. The molecule has 2 nitrogen and oxygen atoms in total. The van der Waals surface area contributed by atoms with Gasteiger partial charge in [0.2, 0.25) is 0 Å². The van der Waals surface area contributed by atoms with Crippen molar-refractivity contribution in [3.63, 3.8) is 0 Å². The molecule has 0 aromatic heterocycles. The monoisotopic (exact) mass is 219 g/mol. The van der Waals surface area contributed by atoms with Crippen molar-refractivity contribution in [1.82, 2.24) is 5.06 Å². The Morgan fingerprint density at radius 3 is 2.56 bits per heavy atom. The molecular formula is C14H21NO. The van der Waals surface area contributed by atoms with E-state index < -0.39 is 0 Å². The van der Waals surface area contributed by atoms with Crippen LogP contribution < -0.4 is 4.84 Å². The van der Waals surface area contributed by atoms with Gasteiger partial charge < -0.3 is 4.84 Å². The number of nitrogens with zero attached hydrogens (tertiary/aromatic N) is 1. The smallest absolute Gasteiger partial charge is 0.147 e. The summed E-state index contributed by atoms with van der Waals surface area (Å²) in [6.45, 7) is 6.54. The molecule has 16 heavy (non-hydrogen) atoms. The van der Waals surface area contributed by atoms with Crippen molar-refractivity contribution < 1.29 is 4.84 Å². The molecule has 1 aromatic carbocycles. The standard InChI is InChI=1S/C14H21NO/c1-12(2)13-7-6-8-14(11-13)16-15-9-4-3-5-10-15/h6-8,11-12H,3-5,9-10H2,1-2H3. The molecule has 0 aliphatic carbocycles. The van der Waals surface area contributed by atoms with Crippen molar-refractivity contribution in [2.45, 2.75) is 39.0 Å². The molecule has 0 radical (unpaired) electrons. The zero-order valence-corrected chi connectivity index (χ0v) is 10.3. The predicted octanol–water partition coefficient (Wildman–Crippen LogP) is 3.59. The van der Waals surface area contributed by atoms with Gasteiger partial charge in [-0.15, -0.1) is 5.06 Å². The molecule has 0 N–H and O–H groups in total. The van der Waals surface area contributed by atoms with Gasteiger partial charge in [0.25, 0.3) is 0 Å². The molecule has 0 saturated carbocycles. The summed E-state index contributed by atoms with van der Waals surface area (Å²) < 4.78 is 0. The molecule has 1 aliphatic rings. The van der Waals surface area contributed by atoms with Crippen LogP contribution >= 0.6 is 0 Å². The van der Waals surface area contributed by atoms with Crippen LogP contribution in [0.25, 0.3) is 0 Å². The quantitative estimate of drug-likeness (QED) is 0.770. The SMILES string of the molecule is CC(C)c1cccc(ON2CCCCC2)c1. The molecule has 1 aliphatic heterocycles. The fourth-order valence-corrected chi connectivity index (χ4v) is 2.04. The van der Waals surface area contributed by atoms with Crippen LogP contribution in [-0.4, -0.2) is 18.2 Å². The number of hydrogen-bond acceptors (Lipinski definition) is 2. The fraction of sp³-hybridized carbons (Fsp3) is 0.571. The van der Waals surface area contributed by atoms with E-state index >= 15 is 0 Å². The lowest BCUT2D eigenvalue weighted by molar-refractivity contribution is -0.0720. The third kappa shape index (κ3) is 2.99. The minimum atomic E-state index is 0.560. The van der Waals surface area contributed by atoms with Gasteiger partial charge in [-0.2, -0.15) is 0 Å². The summed E-state index contributed by atoms with van der Waals surface area (Å²) in [5.74, 6) is 1.54. The first-order valence-corrected chi connectivity index (χ1v) is 6.28. The van der Waals surface area contributed by atoms with Crippen LogP contribution in [0.3, 0.4) is 0 Å². The second-order valence-corrected chi connectivity index (χ2v) is 4.81. The summed E-state index contributed by atoms with van der Waals surface area (Å²) in [6.07, 6.45) is 3.85.